The number of hydrogen-bond donors (Lipinski definition) is 3. The lowest BCUT2D eigenvalue weighted by Crippen LogP contribution is -1.82. The predicted octanol–water partition coefficient (Wildman–Crippen LogP) is 2.25. The van der Waals surface area contributed by atoms with Gasteiger partial charge in [0, 0.05) is 11.5 Å². The van der Waals surface area contributed by atoms with Crippen LogP contribution in [-0.4, -0.2) is 5.11 Å². The van der Waals surface area contributed by atoms with E-state index in [0.29, 0.717) is 17.3 Å². The zero-order chi connectivity index (χ0) is 8.27. The first kappa shape index (κ1) is 8.81. The van der Waals surface area contributed by atoms with Crippen LogP contribution in [-0.2, 0) is 11.5 Å². The summed E-state index contributed by atoms with van der Waals surface area (Å²) in [4.78, 5) is 0. The molecule has 0 atom stereocenters. The third-order valence-electron chi connectivity index (χ3n) is 1.40. The summed E-state index contributed by atoms with van der Waals surface area (Å²) in [5.74, 6) is 1.59. The first-order valence-electron chi connectivity index (χ1n) is 3.30. The second kappa shape index (κ2) is 3.93. The number of thiol groups is 2. The van der Waals surface area contributed by atoms with Gasteiger partial charge in [0.05, 0.1) is 0 Å². The third-order valence-corrected chi connectivity index (χ3v) is 2.13. The van der Waals surface area contributed by atoms with Gasteiger partial charge in [0.25, 0.3) is 0 Å². The van der Waals surface area contributed by atoms with Gasteiger partial charge in [-0.15, -0.1) is 0 Å². The Hall–Kier alpha value is -0.280. The maximum Gasteiger partial charge on any atom is 0.116 e. The van der Waals surface area contributed by atoms with Crippen LogP contribution < -0.4 is 0 Å². The smallest absolute Gasteiger partial charge is 0.116 e. The molecule has 1 aromatic carbocycles. The van der Waals surface area contributed by atoms with E-state index in [1.54, 1.807) is 12.1 Å². The molecule has 1 rings (SSSR count). The third kappa shape index (κ3) is 2.34. The van der Waals surface area contributed by atoms with Gasteiger partial charge in [0.15, 0.2) is 0 Å². The fraction of sp³-hybridized carbons (Fsp3) is 0.250. The van der Waals surface area contributed by atoms with Crippen LogP contribution in [0.1, 0.15) is 11.1 Å². The molecule has 1 N–H and O–H groups in total. The van der Waals surface area contributed by atoms with E-state index in [-0.39, 0.29) is 0 Å². The summed E-state index contributed by atoms with van der Waals surface area (Å²) in [6.07, 6.45) is 0. The second-order valence-electron chi connectivity index (χ2n) is 2.32. The van der Waals surface area contributed by atoms with E-state index in [2.05, 4.69) is 25.3 Å². The van der Waals surface area contributed by atoms with Gasteiger partial charge in [-0.3, -0.25) is 0 Å². The SMILES string of the molecule is Oc1cc(CS)cc(CS)c1. The largest absolute Gasteiger partial charge is 0.508 e. The summed E-state index contributed by atoms with van der Waals surface area (Å²) >= 11 is 8.21. The molecule has 3 heteroatoms. The molecule has 0 fully saturated rings. The Labute approximate surface area is 77.3 Å². The topological polar surface area (TPSA) is 20.2 Å². The van der Waals surface area contributed by atoms with Crippen molar-refractivity contribution in [3.8, 4) is 5.75 Å². The Morgan fingerprint density at radius 1 is 1.00 bits per heavy atom. The second-order valence-corrected chi connectivity index (χ2v) is 2.96. The van der Waals surface area contributed by atoms with E-state index in [0.717, 1.165) is 11.1 Å². The van der Waals surface area contributed by atoms with Crippen LogP contribution in [0.25, 0.3) is 0 Å². The maximum absolute atomic E-state index is 9.19. The van der Waals surface area contributed by atoms with Gasteiger partial charge in [-0.25, -0.2) is 0 Å². The quantitative estimate of drug-likeness (QED) is 0.605. The Morgan fingerprint density at radius 2 is 1.45 bits per heavy atom. The highest BCUT2D eigenvalue weighted by molar-refractivity contribution is 7.79. The minimum Gasteiger partial charge on any atom is -0.508 e. The van der Waals surface area contributed by atoms with Gasteiger partial charge >= 0.3 is 0 Å². The van der Waals surface area contributed by atoms with Crippen LogP contribution in [0.4, 0.5) is 0 Å². The average molecular weight is 186 g/mol. The van der Waals surface area contributed by atoms with Crippen molar-refractivity contribution in [3.63, 3.8) is 0 Å². The first-order chi connectivity index (χ1) is 5.26. The average Bonchev–Trinajstić information content (AvgIpc) is 2.03. The minimum absolute atomic E-state index is 0.292. The van der Waals surface area contributed by atoms with Crippen LogP contribution in [0.3, 0.4) is 0 Å². The summed E-state index contributed by atoms with van der Waals surface area (Å²) < 4.78 is 0. The molecule has 0 unspecified atom stereocenters. The van der Waals surface area contributed by atoms with Gasteiger partial charge in [0.2, 0.25) is 0 Å². The standard InChI is InChI=1S/C8H10OS2/c9-8-2-6(4-10)1-7(3-8)5-11/h1-3,9-11H,4-5H2. The lowest BCUT2D eigenvalue weighted by molar-refractivity contribution is 0.474. The van der Waals surface area contributed by atoms with Crippen molar-refractivity contribution in [1.82, 2.24) is 0 Å². The van der Waals surface area contributed by atoms with Gasteiger partial charge in [0.1, 0.15) is 5.75 Å². The Kier molecular flexibility index (Phi) is 3.15. The molecule has 0 spiro atoms. The lowest BCUT2D eigenvalue weighted by Gasteiger charge is -2.01. The van der Waals surface area contributed by atoms with Crippen LogP contribution >= 0.6 is 25.3 Å². The number of benzene rings is 1. The monoisotopic (exact) mass is 186 g/mol. The van der Waals surface area contributed by atoms with Gasteiger partial charge < -0.3 is 5.11 Å². The van der Waals surface area contributed by atoms with Gasteiger partial charge in [-0.2, -0.15) is 25.3 Å². The van der Waals surface area contributed by atoms with E-state index in [9.17, 15) is 5.11 Å². The van der Waals surface area contributed by atoms with Gasteiger partial charge in [-0.1, -0.05) is 6.07 Å². The molecule has 0 aliphatic rings. The van der Waals surface area contributed by atoms with Crippen molar-refractivity contribution in [2.24, 2.45) is 0 Å². The number of hydrogen-bond acceptors (Lipinski definition) is 3. The summed E-state index contributed by atoms with van der Waals surface area (Å²) in [7, 11) is 0. The van der Waals surface area contributed by atoms with E-state index >= 15 is 0 Å². The Morgan fingerprint density at radius 3 is 1.82 bits per heavy atom. The zero-order valence-corrected chi connectivity index (χ0v) is 7.78. The van der Waals surface area contributed by atoms with Crippen LogP contribution in [0.5, 0.6) is 5.75 Å². The predicted molar refractivity (Wildman–Crippen MR) is 53.5 cm³/mol. The summed E-state index contributed by atoms with van der Waals surface area (Å²) in [6, 6.07) is 5.40. The molecule has 0 aliphatic heterocycles. The molecule has 0 saturated heterocycles. The van der Waals surface area contributed by atoms with Gasteiger partial charge in [-0.05, 0) is 23.3 Å². The summed E-state index contributed by atoms with van der Waals surface area (Å²) in [5, 5.41) is 9.19. The molecule has 0 radical (unpaired) electrons. The molecule has 1 nitrogen and oxygen atoms in total. The molecule has 0 heterocycles. The molecule has 0 saturated carbocycles. The summed E-state index contributed by atoms with van der Waals surface area (Å²) in [5.41, 5.74) is 2.05. The van der Waals surface area contributed by atoms with Crippen molar-refractivity contribution < 1.29 is 5.11 Å². The molecule has 0 aromatic heterocycles. The first-order valence-corrected chi connectivity index (χ1v) is 4.56. The zero-order valence-electron chi connectivity index (χ0n) is 5.99. The number of aromatic hydroxyl groups is 1. The van der Waals surface area contributed by atoms with E-state index in [4.69, 9.17) is 0 Å². The van der Waals surface area contributed by atoms with E-state index < -0.39 is 0 Å². The molecule has 0 aliphatic carbocycles. The molecule has 60 valence electrons. The highest BCUT2D eigenvalue weighted by Crippen LogP contribution is 2.17. The number of phenols is 1. The van der Waals surface area contributed by atoms with Crippen molar-refractivity contribution in [2.45, 2.75) is 11.5 Å². The Bertz CT molecular complexity index is 226. The lowest BCUT2D eigenvalue weighted by atomic mass is 10.1. The molecular formula is C8H10OS2. The molecule has 0 amide bonds. The normalized spacial score (nSPS) is 10.0. The van der Waals surface area contributed by atoms with Crippen LogP contribution in [0.2, 0.25) is 0 Å². The maximum atomic E-state index is 9.19. The highest BCUT2D eigenvalue weighted by Gasteiger charge is 1.96. The minimum atomic E-state index is 0.292. The van der Waals surface area contributed by atoms with Crippen LogP contribution in [0, 0.1) is 0 Å². The fourth-order valence-electron chi connectivity index (χ4n) is 0.926. The number of phenolic OH excluding ortho intramolecular Hbond substituents is 1. The highest BCUT2D eigenvalue weighted by atomic mass is 32.1. The molecule has 1 aromatic rings. The van der Waals surface area contributed by atoms with E-state index in [1.807, 2.05) is 6.07 Å². The van der Waals surface area contributed by atoms with Crippen molar-refractivity contribution in [1.29, 1.82) is 0 Å². The van der Waals surface area contributed by atoms with Crippen molar-refractivity contribution in [2.75, 3.05) is 0 Å². The molecule has 0 bridgehead atoms. The Balaban J connectivity index is 3.02. The number of rotatable bonds is 2. The van der Waals surface area contributed by atoms with Crippen molar-refractivity contribution >= 4 is 25.3 Å². The fourth-order valence-corrected chi connectivity index (χ4v) is 1.29. The molecular weight excluding hydrogens is 176 g/mol. The van der Waals surface area contributed by atoms with E-state index in [1.165, 1.54) is 0 Å². The summed E-state index contributed by atoms with van der Waals surface area (Å²) in [6.45, 7) is 0. The van der Waals surface area contributed by atoms with Crippen molar-refractivity contribution in [3.05, 3.63) is 29.3 Å². The van der Waals surface area contributed by atoms with Crippen LogP contribution in [0.15, 0.2) is 18.2 Å². The molecule has 11 heavy (non-hydrogen) atoms.